The number of piperidine rings is 1. The lowest BCUT2D eigenvalue weighted by atomic mass is 9.96. The van der Waals surface area contributed by atoms with E-state index in [9.17, 15) is 4.79 Å². The van der Waals surface area contributed by atoms with E-state index in [1.807, 2.05) is 30.0 Å². The number of likely N-dealkylation sites (tertiary alicyclic amines) is 1. The Labute approximate surface area is 165 Å². The second-order valence-electron chi connectivity index (χ2n) is 7.53. The van der Waals surface area contributed by atoms with Crippen molar-refractivity contribution in [2.45, 2.75) is 44.9 Å². The molecule has 0 aromatic heterocycles. The monoisotopic (exact) mass is 402 g/mol. The Morgan fingerprint density at radius 3 is 2.64 bits per heavy atom. The van der Waals surface area contributed by atoms with E-state index in [4.69, 9.17) is 23.2 Å². The van der Waals surface area contributed by atoms with Crippen molar-refractivity contribution in [2.75, 3.05) is 25.4 Å². The molecule has 0 spiro atoms. The molecular formula is C19H28Cl2N2OS. The summed E-state index contributed by atoms with van der Waals surface area (Å²) in [5.41, 5.74) is 0.952. The highest BCUT2D eigenvalue weighted by atomic mass is 35.5. The van der Waals surface area contributed by atoms with Gasteiger partial charge in [-0.25, -0.2) is 0 Å². The number of nitrogens with zero attached hydrogens (tertiary/aromatic N) is 1. The van der Waals surface area contributed by atoms with Crippen LogP contribution in [0.1, 0.15) is 39.2 Å². The van der Waals surface area contributed by atoms with Crippen LogP contribution < -0.4 is 5.32 Å². The largest absolute Gasteiger partial charge is 0.355 e. The second kappa shape index (κ2) is 9.50. The van der Waals surface area contributed by atoms with Crippen molar-refractivity contribution in [2.24, 2.45) is 5.92 Å². The number of hydrogen-bond acceptors (Lipinski definition) is 3. The van der Waals surface area contributed by atoms with Crippen LogP contribution in [0.4, 0.5) is 0 Å². The fourth-order valence-corrected chi connectivity index (χ4v) is 4.33. The Morgan fingerprint density at radius 1 is 1.32 bits per heavy atom. The van der Waals surface area contributed by atoms with Gasteiger partial charge < -0.3 is 5.32 Å². The molecule has 2 rings (SSSR count). The van der Waals surface area contributed by atoms with Gasteiger partial charge in [0.25, 0.3) is 0 Å². The summed E-state index contributed by atoms with van der Waals surface area (Å²) < 4.78 is 0.237. The van der Waals surface area contributed by atoms with Crippen molar-refractivity contribution in [3.8, 4) is 0 Å². The number of thioether (sulfide) groups is 1. The van der Waals surface area contributed by atoms with E-state index in [0.29, 0.717) is 16.6 Å². The number of amides is 1. The van der Waals surface area contributed by atoms with Crippen molar-refractivity contribution in [3.63, 3.8) is 0 Å². The molecule has 1 aromatic carbocycles. The van der Waals surface area contributed by atoms with Crippen molar-refractivity contribution >= 4 is 40.9 Å². The average Bonchev–Trinajstić information content (AvgIpc) is 2.54. The second-order valence-corrected chi connectivity index (χ2v) is 10.3. The minimum absolute atomic E-state index is 0.0506. The molecule has 1 fully saturated rings. The van der Waals surface area contributed by atoms with Gasteiger partial charge in [0.2, 0.25) is 5.91 Å². The van der Waals surface area contributed by atoms with Gasteiger partial charge in [-0.1, -0.05) is 50.0 Å². The first-order valence-electron chi connectivity index (χ1n) is 8.83. The van der Waals surface area contributed by atoms with Crippen LogP contribution in [0.15, 0.2) is 18.2 Å². The minimum Gasteiger partial charge on any atom is -0.355 e. The van der Waals surface area contributed by atoms with Gasteiger partial charge in [-0.3, -0.25) is 9.69 Å². The molecule has 1 aromatic rings. The van der Waals surface area contributed by atoms with Crippen molar-refractivity contribution in [3.05, 3.63) is 33.8 Å². The summed E-state index contributed by atoms with van der Waals surface area (Å²) in [5.74, 6) is 1.17. The molecule has 3 nitrogen and oxygen atoms in total. The van der Waals surface area contributed by atoms with Gasteiger partial charge in [-0.05, 0) is 31.5 Å². The van der Waals surface area contributed by atoms with Gasteiger partial charge in [-0.2, -0.15) is 11.8 Å². The zero-order valence-electron chi connectivity index (χ0n) is 15.3. The Morgan fingerprint density at radius 2 is 2.00 bits per heavy atom. The Kier molecular flexibility index (Phi) is 7.93. The summed E-state index contributed by atoms with van der Waals surface area (Å²) >= 11 is 14.4. The predicted molar refractivity (Wildman–Crippen MR) is 110 cm³/mol. The topological polar surface area (TPSA) is 32.3 Å². The number of hydrogen-bond donors (Lipinski definition) is 1. The van der Waals surface area contributed by atoms with Crippen LogP contribution in [0.5, 0.6) is 0 Å². The van der Waals surface area contributed by atoms with Gasteiger partial charge in [0, 0.05) is 45.7 Å². The number of nitrogens with one attached hydrogen (secondary N) is 1. The molecule has 1 aliphatic heterocycles. The third kappa shape index (κ3) is 7.01. The highest BCUT2D eigenvalue weighted by Crippen LogP contribution is 2.28. The maximum atomic E-state index is 12.5. The van der Waals surface area contributed by atoms with E-state index < -0.39 is 0 Å². The molecule has 0 saturated carbocycles. The first-order valence-corrected chi connectivity index (χ1v) is 10.6. The van der Waals surface area contributed by atoms with Gasteiger partial charge >= 0.3 is 0 Å². The fraction of sp³-hybridized carbons (Fsp3) is 0.632. The van der Waals surface area contributed by atoms with Crippen molar-refractivity contribution < 1.29 is 4.79 Å². The predicted octanol–water partition coefficient (Wildman–Crippen LogP) is 4.85. The number of carbonyl (C=O) groups is 1. The van der Waals surface area contributed by atoms with Crippen LogP contribution in [0.25, 0.3) is 0 Å². The van der Waals surface area contributed by atoms with Gasteiger partial charge in [0.05, 0.1) is 5.92 Å². The molecule has 6 heteroatoms. The number of benzene rings is 1. The lowest BCUT2D eigenvalue weighted by molar-refractivity contribution is -0.126. The third-order valence-corrected chi connectivity index (χ3v) is 6.24. The first-order chi connectivity index (χ1) is 11.8. The lowest BCUT2D eigenvalue weighted by Gasteiger charge is -2.32. The summed E-state index contributed by atoms with van der Waals surface area (Å²) in [7, 11) is 0. The summed E-state index contributed by atoms with van der Waals surface area (Å²) in [5, 5.41) is 4.48. The lowest BCUT2D eigenvalue weighted by Crippen LogP contribution is -2.43. The SMILES string of the molecule is CC(C)(C)SCCNC(=O)C1CCCN(Cc2c(Cl)cccc2Cl)C1. The first kappa shape index (κ1) is 20.9. The third-order valence-electron chi connectivity index (χ3n) is 4.26. The fourth-order valence-electron chi connectivity index (χ4n) is 3.00. The quantitative estimate of drug-likeness (QED) is 0.689. The maximum absolute atomic E-state index is 12.5. The van der Waals surface area contributed by atoms with Crippen LogP contribution in [0.2, 0.25) is 10.0 Å². The van der Waals surface area contributed by atoms with E-state index in [0.717, 1.165) is 43.8 Å². The molecule has 1 saturated heterocycles. The zero-order valence-corrected chi connectivity index (χ0v) is 17.6. The molecule has 1 heterocycles. The van der Waals surface area contributed by atoms with E-state index in [-0.39, 0.29) is 16.6 Å². The van der Waals surface area contributed by atoms with Crippen LogP contribution in [0.3, 0.4) is 0 Å². The van der Waals surface area contributed by atoms with E-state index in [2.05, 4.69) is 31.0 Å². The van der Waals surface area contributed by atoms with E-state index in [1.165, 1.54) is 0 Å². The molecule has 1 N–H and O–H groups in total. The van der Waals surface area contributed by atoms with Gasteiger partial charge in [0.15, 0.2) is 0 Å². The molecule has 1 unspecified atom stereocenters. The molecular weight excluding hydrogens is 375 g/mol. The van der Waals surface area contributed by atoms with Crippen molar-refractivity contribution in [1.29, 1.82) is 0 Å². The summed E-state index contributed by atoms with van der Waals surface area (Å²) in [6.45, 7) is 9.75. The number of rotatable bonds is 6. The summed E-state index contributed by atoms with van der Waals surface area (Å²) in [6.07, 6.45) is 1.97. The minimum atomic E-state index is 0.0506. The van der Waals surface area contributed by atoms with Crippen LogP contribution in [0, 0.1) is 5.92 Å². The van der Waals surface area contributed by atoms with Crippen molar-refractivity contribution in [1.82, 2.24) is 10.2 Å². The standard InChI is InChI=1S/C19H28Cl2N2OS/c1-19(2,3)25-11-9-22-18(24)14-6-5-10-23(12-14)13-15-16(20)7-4-8-17(15)21/h4,7-8,14H,5-6,9-13H2,1-3H3,(H,22,24). The Bertz CT molecular complexity index is 569. The van der Waals surface area contributed by atoms with Gasteiger partial charge in [0.1, 0.15) is 0 Å². The molecule has 25 heavy (non-hydrogen) atoms. The number of carbonyl (C=O) groups excluding carboxylic acids is 1. The Balaban J connectivity index is 1.83. The summed E-state index contributed by atoms with van der Waals surface area (Å²) in [4.78, 5) is 14.7. The molecule has 1 atom stereocenters. The van der Waals surface area contributed by atoms with Gasteiger partial charge in [-0.15, -0.1) is 0 Å². The summed E-state index contributed by atoms with van der Waals surface area (Å²) in [6, 6.07) is 5.59. The normalized spacial score (nSPS) is 19.0. The number of halogens is 2. The molecule has 1 amide bonds. The smallest absolute Gasteiger partial charge is 0.224 e. The van der Waals surface area contributed by atoms with Crippen LogP contribution in [-0.2, 0) is 11.3 Å². The molecule has 1 aliphatic rings. The molecule has 0 radical (unpaired) electrons. The highest BCUT2D eigenvalue weighted by molar-refractivity contribution is 8.00. The maximum Gasteiger partial charge on any atom is 0.224 e. The zero-order chi connectivity index (χ0) is 18.4. The molecule has 0 bridgehead atoms. The Hall–Kier alpha value is -0.420. The average molecular weight is 403 g/mol. The molecule has 140 valence electrons. The highest BCUT2D eigenvalue weighted by Gasteiger charge is 2.26. The molecule has 0 aliphatic carbocycles. The van der Waals surface area contributed by atoms with Crippen LogP contribution >= 0.6 is 35.0 Å². The van der Waals surface area contributed by atoms with Crippen LogP contribution in [-0.4, -0.2) is 40.9 Å². The van der Waals surface area contributed by atoms with E-state index in [1.54, 1.807) is 0 Å². The van der Waals surface area contributed by atoms with E-state index >= 15 is 0 Å².